The molecular weight excluding hydrogens is 1080 g/mol. The number of aliphatic hydroxyl groups is 2. The van der Waals surface area contributed by atoms with Crippen LogP contribution in [0.5, 0.6) is 11.5 Å². The average molecular weight is 1170 g/mol. The molecule has 4 aliphatic rings. The zero-order valence-electron chi connectivity index (χ0n) is 49.6. The molecule has 6 heterocycles. The Bertz CT molecular complexity index is 3200. The van der Waals surface area contributed by atoms with Crippen LogP contribution in [0.3, 0.4) is 0 Å². The second-order valence-corrected chi connectivity index (χ2v) is 22.6. The molecular formula is C71H85LiN8O7. The summed E-state index contributed by atoms with van der Waals surface area (Å²) in [5.74, 6) is 0.460. The van der Waals surface area contributed by atoms with Gasteiger partial charge in [0.05, 0.1) is 23.1 Å². The molecule has 3 N–H and O–H groups in total. The zero-order valence-corrected chi connectivity index (χ0v) is 49.6. The Labute approximate surface area is 526 Å². The number of nitrogens with zero attached hydrogens (tertiary/aromatic N) is 7. The Balaban J connectivity index is 0.000000184. The van der Waals surface area contributed by atoms with Crippen molar-refractivity contribution in [2.24, 2.45) is 11.8 Å². The van der Waals surface area contributed by atoms with Gasteiger partial charge in [-0.3, -0.25) is 24.6 Å². The van der Waals surface area contributed by atoms with E-state index in [1.807, 2.05) is 60.7 Å². The third-order valence-electron chi connectivity index (χ3n) is 16.8. The Morgan fingerprint density at radius 2 is 0.862 bits per heavy atom. The molecule has 4 aliphatic heterocycles. The topological polar surface area (TPSA) is 170 Å². The van der Waals surface area contributed by atoms with Crippen molar-refractivity contribution >= 4 is 33.7 Å². The van der Waals surface area contributed by atoms with Gasteiger partial charge in [0.1, 0.15) is 36.9 Å². The van der Waals surface area contributed by atoms with Gasteiger partial charge < -0.3 is 49.6 Å². The van der Waals surface area contributed by atoms with Gasteiger partial charge >= 0.3 is 18.9 Å². The molecule has 6 aromatic carbocycles. The van der Waals surface area contributed by atoms with Crippen LogP contribution in [0, 0.1) is 11.8 Å². The number of carbonyl (C=O) groups excluding carboxylic acids is 2. The number of nitrogens with one attached hydrogen (secondary N) is 1. The van der Waals surface area contributed by atoms with E-state index < -0.39 is 18.2 Å². The number of benzene rings is 6. The molecule has 0 saturated carbocycles. The van der Waals surface area contributed by atoms with Crippen LogP contribution in [0.1, 0.15) is 67.4 Å². The number of aromatic nitrogens is 2. The molecule has 2 atom stereocenters. The maximum absolute atomic E-state index is 13.5. The van der Waals surface area contributed by atoms with E-state index in [0.717, 1.165) is 106 Å². The van der Waals surface area contributed by atoms with E-state index in [9.17, 15) is 24.9 Å². The molecule has 0 aliphatic carbocycles. The molecule has 1 unspecified atom stereocenters. The van der Waals surface area contributed by atoms with Crippen molar-refractivity contribution in [2.75, 3.05) is 105 Å². The van der Waals surface area contributed by atoms with Crippen molar-refractivity contribution in [2.45, 2.75) is 57.4 Å². The van der Waals surface area contributed by atoms with Crippen LogP contribution >= 0.6 is 0 Å². The van der Waals surface area contributed by atoms with Gasteiger partial charge in [-0.15, -0.1) is 0 Å². The molecule has 0 bridgehead atoms. The van der Waals surface area contributed by atoms with Gasteiger partial charge in [-0.25, -0.2) is 0 Å². The number of ether oxygens (including phenoxy) is 2. The van der Waals surface area contributed by atoms with E-state index in [1.54, 1.807) is 12.4 Å². The normalized spacial score (nSPS) is 17.2. The summed E-state index contributed by atoms with van der Waals surface area (Å²) < 4.78 is 11.7. The van der Waals surface area contributed by atoms with Crippen molar-refractivity contribution < 1.29 is 53.2 Å². The molecule has 16 heteroatoms. The van der Waals surface area contributed by atoms with Gasteiger partial charge in [-0.2, -0.15) is 0 Å². The van der Waals surface area contributed by atoms with Gasteiger partial charge in [-0.05, 0) is 123 Å². The van der Waals surface area contributed by atoms with Crippen LogP contribution in [0.25, 0.3) is 21.8 Å². The summed E-state index contributed by atoms with van der Waals surface area (Å²) in [4.78, 5) is 44.5. The molecule has 0 spiro atoms. The third kappa shape index (κ3) is 18.5. The number of β-amino-alcohol motifs (C(OH)–C–C–N with tert-alkyl or cyclic N) is 2. The number of likely N-dealkylation sites (tertiary alicyclic amines) is 2. The monoisotopic (exact) mass is 1170 g/mol. The first kappa shape index (κ1) is 66.0. The maximum atomic E-state index is 13.5. The fraction of sp³-hybridized carbons (Fsp3) is 0.380. The molecule has 15 nitrogen and oxygen atoms in total. The summed E-state index contributed by atoms with van der Waals surface area (Å²) in [5, 5.41) is 37.0. The van der Waals surface area contributed by atoms with E-state index in [-0.39, 0.29) is 57.4 Å². The first-order chi connectivity index (χ1) is 41.7. The number of pyridine rings is 2. The minimum absolute atomic E-state index is 0. The summed E-state index contributed by atoms with van der Waals surface area (Å²) in [6.45, 7) is 12.0. The van der Waals surface area contributed by atoms with Crippen LogP contribution in [0.15, 0.2) is 194 Å². The van der Waals surface area contributed by atoms with Crippen molar-refractivity contribution in [3.63, 3.8) is 0 Å². The van der Waals surface area contributed by atoms with Gasteiger partial charge in [0, 0.05) is 106 Å². The molecule has 1 amide bonds. The third-order valence-corrected chi connectivity index (χ3v) is 16.8. The van der Waals surface area contributed by atoms with E-state index in [1.165, 1.54) is 22.3 Å². The quantitative estimate of drug-likeness (QED) is 0.0937. The Morgan fingerprint density at radius 3 is 1.25 bits per heavy atom. The van der Waals surface area contributed by atoms with Gasteiger partial charge in [0.25, 0.3) is 0 Å². The van der Waals surface area contributed by atoms with Gasteiger partial charge in [0.15, 0.2) is 0 Å². The second kappa shape index (κ2) is 33.9. The molecule has 0 radical (unpaired) electrons. The number of carboxylic acids is 1. The van der Waals surface area contributed by atoms with Crippen LogP contribution < -0.4 is 38.8 Å². The van der Waals surface area contributed by atoms with Gasteiger partial charge in [0.2, 0.25) is 5.91 Å². The number of hydrogen-bond acceptors (Lipinski definition) is 14. The van der Waals surface area contributed by atoms with E-state index in [2.05, 4.69) is 161 Å². The minimum atomic E-state index is -0.969. The molecule has 4 saturated heterocycles. The number of piperazine rings is 2. The average Bonchev–Trinajstić information content (AvgIpc) is 3.74. The van der Waals surface area contributed by atoms with E-state index >= 15 is 0 Å². The summed E-state index contributed by atoms with van der Waals surface area (Å²) >= 11 is 0. The molecule has 8 aromatic rings. The van der Waals surface area contributed by atoms with E-state index in [4.69, 9.17) is 9.47 Å². The fourth-order valence-corrected chi connectivity index (χ4v) is 12.4. The Morgan fingerprint density at radius 1 is 0.483 bits per heavy atom. The van der Waals surface area contributed by atoms with Gasteiger partial charge in [-0.1, -0.05) is 141 Å². The van der Waals surface area contributed by atoms with Crippen LogP contribution in [0.4, 0.5) is 0 Å². The van der Waals surface area contributed by atoms with Crippen LogP contribution in [-0.2, 0) is 9.59 Å². The predicted molar refractivity (Wildman–Crippen MR) is 339 cm³/mol. The molecule has 87 heavy (non-hydrogen) atoms. The minimum Gasteiger partial charge on any atom is -0.550 e. The molecule has 2 aromatic heterocycles. The smallest absolute Gasteiger partial charge is 0.550 e. The number of carbonyl (C=O) groups is 2. The first-order valence-corrected chi connectivity index (χ1v) is 30.4. The first-order valence-electron chi connectivity index (χ1n) is 30.4. The number of aliphatic carboxylic acids is 1. The number of piperidine rings is 2. The number of amides is 1. The Hall–Kier alpha value is -7.00. The Kier molecular flexibility index (Phi) is 25.7. The van der Waals surface area contributed by atoms with Crippen molar-refractivity contribution in [3.05, 3.63) is 217 Å². The predicted octanol–water partition coefficient (Wildman–Crippen LogP) is 5.38. The number of rotatable bonds is 18. The summed E-state index contributed by atoms with van der Waals surface area (Å²) in [6, 6.07) is 62.7. The van der Waals surface area contributed by atoms with Crippen LogP contribution in [-0.4, -0.2) is 174 Å². The van der Waals surface area contributed by atoms with Crippen molar-refractivity contribution in [3.8, 4) is 11.5 Å². The molecule has 12 rings (SSSR count). The zero-order chi connectivity index (χ0) is 58.6. The summed E-state index contributed by atoms with van der Waals surface area (Å²) in [7, 11) is 0. The molecule has 452 valence electrons. The second-order valence-electron chi connectivity index (χ2n) is 22.6. The largest absolute Gasteiger partial charge is 1.00 e. The number of fused-ring (bicyclic) bond motifs is 2. The SMILES string of the molecule is C.O=C(C1CCN(C[C@@H](O)COc2cccc3ncccc23)CC1)N1CCN(C(c2ccccc2)c2ccccc2)CC1.O=C([O-])C1CCN(CC(O)COc2cccc3ncccc23)CC1.[Li+].c1ccc(C(c2ccccc2)N2CCNCC2)cc1. The maximum Gasteiger partial charge on any atom is 1.00 e. The summed E-state index contributed by atoms with van der Waals surface area (Å²) in [5.41, 5.74) is 7.08. The van der Waals surface area contributed by atoms with Crippen molar-refractivity contribution in [1.29, 1.82) is 0 Å². The fourth-order valence-electron chi connectivity index (χ4n) is 12.4. The number of carboxylic acid groups (broad SMARTS) is 1. The van der Waals surface area contributed by atoms with Crippen LogP contribution in [0.2, 0.25) is 0 Å². The standard InChI is InChI=1S/C35H40N4O3.C18H22N2O4.C17H20N2.CH4.Li/c40-30(26-42-33-15-7-14-32-31(33)13-8-18-36-32)25-37-19-16-29(17-20-37)35(41)39-23-21-38(22-24-39)34(27-9-3-1-4-10-27)28-11-5-2-6-12-28;21-14(11-20-9-6-13(7-10-20)18(22)23)12-24-17-5-1-4-16-15(17)3-2-8-19-16;1-3-7-15(8-4-1)17(16-9-5-2-6-10-16)19-13-11-18-12-14-19;;/h1-15,18,29-30,34,40H,16-17,19-26H2;1-5,8,13-14,21H,6-7,9-12H2,(H,22,23);1-10,17-18H,11-14H2;1H4;/q;;;;+1/p-1/t30-;;;;/m1..../s1. The number of aliphatic hydroxyl groups excluding tert-OH is 2. The summed E-state index contributed by atoms with van der Waals surface area (Å²) in [6.07, 6.45) is 5.09. The molecule has 4 fully saturated rings. The number of hydrogen-bond donors (Lipinski definition) is 3. The van der Waals surface area contributed by atoms with Crippen molar-refractivity contribution in [1.82, 2.24) is 39.8 Å². The van der Waals surface area contributed by atoms with E-state index in [0.29, 0.717) is 56.7 Å².